The van der Waals surface area contributed by atoms with Gasteiger partial charge in [0.25, 0.3) is 5.91 Å². The second-order valence-corrected chi connectivity index (χ2v) is 6.18. The van der Waals surface area contributed by atoms with Gasteiger partial charge in [-0.2, -0.15) is 0 Å². The van der Waals surface area contributed by atoms with Crippen LogP contribution in [-0.4, -0.2) is 54.0 Å². The predicted octanol–water partition coefficient (Wildman–Crippen LogP) is 0.959. The van der Waals surface area contributed by atoms with Crippen LogP contribution in [0.5, 0.6) is 0 Å². The SMILES string of the molecule is CN1CC2(CCN(C(=O)C3(F)CC3)CC2)CC1=O. The summed E-state index contributed by atoms with van der Waals surface area (Å²) in [6.07, 6.45) is 3.01. The van der Waals surface area contributed by atoms with Crippen LogP contribution in [0.4, 0.5) is 4.39 Å². The van der Waals surface area contributed by atoms with E-state index in [1.165, 1.54) is 0 Å². The van der Waals surface area contributed by atoms with Crippen LogP contribution in [0.1, 0.15) is 32.1 Å². The first-order valence-electron chi connectivity index (χ1n) is 6.67. The number of halogens is 1. The van der Waals surface area contributed by atoms with Gasteiger partial charge in [0.05, 0.1) is 0 Å². The molecule has 0 atom stereocenters. The molecule has 0 bridgehead atoms. The van der Waals surface area contributed by atoms with Crippen LogP contribution >= 0.6 is 0 Å². The fourth-order valence-electron chi connectivity index (χ4n) is 3.23. The standard InChI is InChI=1S/C13H19FN2O2/c1-15-9-12(8-10(15)17)4-6-16(7-5-12)11(18)13(14)2-3-13/h2-9H2,1H3. The number of rotatable bonds is 1. The Morgan fingerprint density at radius 1 is 1.22 bits per heavy atom. The Morgan fingerprint density at radius 2 is 1.83 bits per heavy atom. The van der Waals surface area contributed by atoms with Gasteiger partial charge in [0.2, 0.25) is 5.91 Å². The minimum atomic E-state index is -1.55. The zero-order valence-electron chi connectivity index (χ0n) is 10.7. The van der Waals surface area contributed by atoms with Gasteiger partial charge in [-0.1, -0.05) is 0 Å². The lowest BCUT2D eigenvalue weighted by atomic mass is 9.77. The lowest BCUT2D eigenvalue weighted by Crippen LogP contribution is -2.47. The van der Waals surface area contributed by atoms with E-state index >= 15 is 0 Å². The highest BCUT2D eigenvalue weighted by molar-refractivity contribution is 5.88. The highest BCUT2D eigenvalue weighted by Gasteiger charge is 2.54. The molecule has 5 heteroatoms. The molecule has 0 N–H and O–H groups in total. The molecule has 1 spiro atoms. The van der Waals surface area contributed by atoms with E-state index < -0.39 is 5.67 Å². The van der Waals surface area contributed by atoms with Crippen LogP contribution < -0.4 is 0 Å². The van der Waals surface area contributed by atoms with Gasteiger partial charge in [0.1, 0.15) is 0 Å². The highest BCUT2D eigenvalue weighted by Crippen LogP contribution is 2.44. The summed E-state index contributed by atoms with van der Waals surface area (Å²) < 4.78 is 13.7. The molecule has 0 aromatic carbocycles. The Labute approximate surface area is 106 Å². The third-order valence-corrected chi connectivity index (χ3v) is 4.71. The Balaban J connectivity index is 1.62. The second-order valence-electron chi connectivity index (χ2n) is 6.18. The van der Waals surface area contributed by atoms with E-state index in [1.807, 2.05) is 7.05 Å². The number of likely N-dealkylation sites (tertiary alicyclic amines) is 2. The van der Waals surface area contributed by atoms with Crippen LogP contribution in [-0.2, 0) is 9.59 Å². The summed E-state index contributed by atoms with van der Waals surface area (Å²) in [6, 6.07) is 0. The number of alkyl halides is 1. The van der Waals surface area contributed by atoms with Crippen LogP contribution in [0.25, 0.3) is 0 Å². The quantitative estimate of drug-likeness (QED) is 0.699. The fraction of sp³-hybridized carbons (Fsp3) is 0.846. The molecule has 0 unspecified atom stereocenters. The number of piperidine rings is 1. The zero-order chi connectivity index (χ0) is 13.0. The first-order valence-corrected chi connectivity index (χ1v) is 6.67. The Kier molecular flexibility index (Phi) is 2.44. The number of carbonyl (C=O) groups excluding carboxylic acids is 2. The average Bonchev–Trinajstić information content (AvgIpc) is 3.02. The Morgan fingerprint density at radius 3 is 2.28 bits per heavy atom. The molecular weight excluding hydrogens is 235 g/mol. The number of hydrogen-bond donors (Lipinski definition) is 0. The first kappa shape index (κ1) is 11.9. The van der Waals surface area contributed by atoms with Crippen molar-refractivity contribution in [2.45, 2.75) is 37.8 Å². The topological polar surface area (TPSA) is 40.6 Å². The molecule has 1 aliphatic carbocycles. The summed E-state index contributed by atoms with van der Waals surface area (Å²) in [5.41, 5.74) is -1.51. The van der Waals surface area contributed by atoms with E-state index in [0.29, 0.717) is 32.4 Å². The van der Waals surface area contributed by atoms with Gasteiger partial charge >= 0.3 is 0 Å². The van der Waals surface area contributed by atoms with Crippen LogP contribution in [0.3, 0.4) is 0 Å². The third-order valence-electron chi connectivity index (χ3n) is 4.71. The largest absolute Gasteiger partial charge is 0.345 e. The number of hydrogen-bond acceptors (Lipinski definition) is 2. The van der Waals surface area contributed by atoms with Crippen molar-refractivity contribution in [1.29, 1.82) is 0 Å². The van der Waals surface area contributed by atoms with Crippen molar-refractivity contribution in [1.82, 2.24) is 9.80 Å². The van der Waals surface area contributed by atoms with Gasteiger partial charge in [-0.3, -0.25) is 9.59 Å². The number of amides is 2. The minimum Gasteiger partial charge on any atom is -0.345 e. The van der Waals surface area contributed by atoms with Gasteiger partial charge in [-0.05, 0) is 25.7 Å². The van der Waals surface area contributed by atoms with Crippen molar-refractivity contribution in [3.63, 3.8) is 0 Å². The molecule has 0 aromatic rings. The molecule has 0 radical (unpaired) electrons. The number of nitrogens with zero attached hydrogens (tertiary/aromatic N) is 2. The normalized spacial score (nSPS) is 28.9. The smallest absolute Gasteiger partial charge is 0.260 e. The van der Waals surface area contributed by atoms with Crippen LogP contribution in [0.2, 0.25) is 0 Å². The molecule has 3 fully saturated rings. The van der Waals surface area contributed by atoms with Gasteiger partial charge < -0.3 is 9.80 Å². The van der Waals surface area contributed by atoms with Crippen LogP contribution in [0.15, 0.2) is 0 Å². The molecule has 2 amide bonds. The van der Waals surface area contributed by atoms with Crippen molar-refractivity contribution in [3.8, 4) is 0 Å². The van der Waals surface area contributed by atoms with E-state index in [4.69, 9.17) is 0 Å². The molecule has 2 aliphatic heterocycles. The van der Waals surface area contributed by atoms with Crippen LogP contribution in [0, 0.1) is 5.41 Å². The van der Waals surface area contributed by atoms with E-state index in [-0.39, 0.29) is 17.2 Å². The van der Waals surface area contributed by atoms with E-state index in [1.54, 1.807) is 9.80 Å². The summed E-state index contributed by atoms with van der Waals surface area (Å²) >= 11 is 0. The summed E-state index contributed by atoms with van der Waals surface area (Å²) in [4.78, 5) is 26.9. The first-order chi connectivity index (χ1) is 8.44. The van der Waals surface area contributed by atoms with E-state index in [0.717, 1.165) is 19.4 Å². The predicted molar refractivity (Wildman–Crippen MR) is 63.6 cm³/mol. The summed E-state index contributed by atoms with van der Waals surface area (Å²) in [5.74, 6) is -0.131. The molecule has 3 aliphatic rings. The molecule has 2 saturated heterocycles. The molecule has 4 nitrogen and oxygen atoms in total. The highest BCUT2D eigenvalue weighted by atomic mass is 19.1. The average molecular weight is 254 g/mol. The summed E-state index contributed by atoms with van der Waals surface area (Å²) in [7, 11) is 1.83. The van der Waals surface area contributed by atoms with Crippen molar-refractivity contribution in [2.75, 3.05) is 26.7 Å². The molecule has 100 valence electrons. The van der Waals surface area contributed by atoms with Crippen molar-refractivity contribution >= 4 is 11.8 Å². The van der Waals surface area contributed by atoms with Crippen molar-refractivity contribution < 1.29 is 14.0 Å². The van der Waals surface area contributed by atoms with E-state index in [9.17, 15) is 14.0 Å². The van der Waals surface area contributed by atoms with Crippen molar-refractivity contribution in [2.24, 2.45) is 5.41 Å². The zero-order valence-corrected chi connectivity index (χ0v) is 10.7. The minimum absolute atomic E-state index is 0.0373. The molecule has 1 saturated carbocycles. The van der Waals surface area contributed by atoms with E-state index in [2.05, 4.69) is 0 Å². The fourth-order valence-corrected chi connectivity index (χ4v) is 3.23. The Bertz CT molecular complexity index is 398. The number of carbonyl (C=O) groups is 2. The molecule has 3 rings (SSSR count). The van der Waals surface area contributed by atoms with Gasteiger partial charge in [0, 0.05) is 38.5 Å². The maximum absolute atomic E-state index is 13.7. The van der Waals surface area contributed by atoms with Crippen molar-refractivity contribution in [3.05, 3.63) is 0 Å². The molecular formula is C13H19FN2O2. The van der Waals surface area contributed by atoms with Gasteiger partial charge in [-0.15, -0.1) is 0 Å². The summed E-state index contributed by atoms with van der Waals surface area (Å²) in [5, 5.41) is 0. The lowest BCUT2D eigenvalue weighted by Gasteiger charge is -2.39. The maximum Gasteiger partial charge on any atom is 0.260 e. The summed E-state index contributed by atoms with van der Waals surface area (Å²) in [6.45, 7) is 1.99. The van der Waals surface area contributed by atoms with Gasteiger partial charge in [0.15, 0.2) is 5.67 Å². The Hall–Kier alpha value is -1.13. The molecule has 18 heavy (non-hydrogen) atoms. The molecule has 2 heterocycles. The monoisotopic (exact) mass is 254 g/mol. The lowest BCUT2D eigenvalue weighted by molar-refractivity contribution is -0.140. The third kappa shape index (κ3) is 1.80. The molecule has 0 aromatic heterocycles. The maximum atomic E-state index is 13.7. The second kappa shape index (κ2) is 3.68. The van der Waals surface area contributed by atoms with Gasteiger partial charge in [-0.25, -0.2) is 4.39 Å².